The lowest BCUT2D eigenvalue weighted by Crippen LogP contribution is -2.65. The van der Waals surface area contributed by atoms with Gasteiger partial charge in [-0.2, -0.15) is 0 Å². The molecule has 1 heterocycles. The molecular weight excluding hydrogens is 268 g/mol. The van der Waals surface area contributed by atoms with Gasteiger partial charge in [0, 0.05) is 20.3 Å². The predicted molar refractivity (Wildman–Crippen MR) is 80.7 cm³/mol. The van der Waals surface area contributed by atoms with Crippen molar-refractivity contribution < 1.29 is 14.3 Å². The average Bonchev–Trinajstić information content (AvgIpc) is 3.20. The number of methoxy groups -OCH3 is 1. The van der Waals surface area contributed by atoms with Crippen LogP contribution in [0.1, 0.15) is 46.5 Å². The molecular formula is C16H28N2O3. The molecule has 2 fully saturated rings. The molecule has 2 unspecified atom stereocenters. The first kappa shape index (κ1) is 16.3. The normalized spacial score (nSPS) is 28.0. The lowest BCUT2D eigenvalue weighted by molar-refractivity contribution is -0.151. The van der Waals surface area contributed by atoms with Crippen molar-refractivity contribution in [3.63, 3.8) is 0 Å². The molecule has 1 saturated heterocycles. The van der Waals surface area contributed by atoms with E-state index in [1.54, 1.807) is 7.11 Å². The van der Waals surface area contributed by atoms with E-state index in [-0.39, 0.29) is 35.2 Å². The van der Waals surface area contributed by atoms with E-state index in [0.29, 0.717) is 13.0 Å². The predicted octanol–water partition coefficient (Wildman–Crippen LogP) is 1.56. The van der Waals surface area contributed by atoms with Crippen molar-refractivity contribution in [1.82, 2.24) is 10.2 Å². The van der Waals surface area contributed by atoms with Gasteiger partial charge in [-0.15, -0.1) is 0 Å². The van der Waals surface area contributed by atoms with Crippen molar-refractivity contribution in [3.8, 4) is 0 Å². The SMILES string of the molecule is CCC1C(=O)NC(C(C)C)C(=O)N1CC1(CCOC)CC1. The molecule has 21 heavy (non-hydrogen) atoms. The lowest BCUT2D eigenvalue weighted by Gasteiger charge is -2.41. The summed E-state index contributed by atoms with van der Waals surface area (Å²) >= 11 is 0. The maximum Gasteiger partial charge on any atom is 0.246 e. The standard InChI is InChI=1S/C16H28N2O3/c1-5-12-14(19)17-13(11(2)3)15(20)18(12)10-16(6-7-16)8-9-21-4/h11-13H,5-10H2,1-4H3,(H,17,19). The van der Waals surface area contributed by atoms with E-state index < -0.39 is 0 Å². The number of hydrogen-bond donors (Lipinski definition) is 1. The van der Waals surface area contributed by atoms with Gasteiger partial charge < -0.3 is 15.0 Å². The second-order valence-corrected chi connectivity index (χ2v) is 6.86. The van der Waals surface area contributed by atoms with Crippen LogP contribution in [0, 0.1) is 11.3 Å². The summed E-state index contributed by atoms with van der Waals surface area (Å²) in [6.07, 6.45) is 3.90. The van der Waals surface area contributed by atoms with Gasteiger partial charge in [0.15, 0.2) is 0 Å². The molecule has 0 spiro atoms. The quantitative estimate of drug-likeness (QED) is 0.776. The Hall–Kier alpha value is -1.10. The molecule has 0 aromatic rings. The van der Waals surface area contributed by atoms with Gasteiger partial charge in [0.05, 0.1) is 0 Å². The Labute approximate surface area is 127 Å². The number of nitrogens with zero attached hydrogens (tertiary/aromatic N) is 1. The van der Waals surface area contributed by atoms with Gasteiger partial charge in [-0.3, -0.25) is 9.59 Å². The van der Waals surface area contributed by atoms with Gasteiger partial charge in [-0.25, -0.2) is 0 Å². The number of carbonyl (C=O) groups is 2. The molecule has 5 heteroatoms. The van der Waals surface area contributed by atoms with Crippen LogP contribution < -0.4 is 5.32 Å². The number of carbonyl (C=O) groups excluding carboxylic acids is 2. The first-order valence-electron chi connectivity index (χ1n) is 8.04. The van der Waals surface area contributed by atoms with E-state index in [1.807, 2.05) is 25.7 Å². The zero-order chi connectivity index (χ0) is 15.6. The first-order valence-corrected chi connectivity index (χ1v) is 8.04. The van der Waals surface area contributed by atoms with Gasteiger partial charge in [-0.1, -0.05) is 20.8 Å². The Kier molecular flexibility index (Phi) is 4.91. The molecule has 1 N–H and O–H groups in total. The molecule has 1 saturated carbocycles. The number of piperazine rings is 1. The van der Waals surface area contributed by atoms with Gasteiger partial charge >= 0.3 is 0 Å². The molecule has 0 radical (unpaired) electrons. The van der Waals surface area contributed by atoms with Gasteiger partial charge in [0.25, 0.3) is 0 Å². The Morgan fingerprint density at radius 3 is 2.52 bits per heavy atom. The highest BCUT2D eigenvalue weighted by Crippen LogP contribution is 2.50. The highest BCUT2D eigenvalue weighted by Gasteiger charge is 2.49. The summed E-state index contributed by atoms with van der Waals surface area (Å²) in [5.74, 6) is 0.203. The molecule has 5 nitrogen and oxygen atoms in total. The molecule has 0 bridgehead atoms. The van der Waals surface area contributed by atoms with Crippen molar-refractivity contribution in [1.29, 1.82) is 0 Å². The summed E-state index contributed by atoms with van der Waals surface area (Å²) in [4.78, 5) is 26.9. The fourth-order valence-corrected chi connectivity index (χ4v) is 3.17. The van der Waals surface area contributed by atoms with Crippen molar-refractivity contribution in [2.75, 3.05) is 20.3 Å². The maximum atomic E-state index is 12.7. The Balaban J connectivity index is 2.12. The van der Waals surface area contributed by atoms with E-state index in [1.165, 1.54) is 0 Å². The zero-order valence-electron chi connectivity index (χ0n) is 13.6. The number of nitrogens with one attached hydrogen (secondary N) is 1. The minimum Gasteiger partial charge on any atom is -0.385 e. The summed E-state index contributed by atoms with van der Waals surface area (Å²) in [7, 11) is 1.71. The summed E-state index contributed by atoms with van der Waals surface area (Å²) < 4.78 is 5.18. The average molecular weight is 296 g/mol. The van der Waals surface area contributed by atoms with E-state index in [9.17, 15) is 9.59 Å². The molecule has 1 aliphatic heterocycles. The van der Waals surface area contributed by atoms with Crippen molar-refractivity contribution in [2.24, 2.45) is 11.3 Å². The van der Waals surface area contributed by atoms with E-state index in [4.69, 9.17) is 4.74 Å². The van der Waals surface area contributed by atoms with E-state index >= 15 is 0 Å². The molecule has 2 atom stereocenters. The number of ether oxygens (including phenoxy) is 1. The summed E-state index contributed by atoms with van der Waals surface area (Å²) in [6, 6.07) is -0.689. The van der Waals surface area contributed by atoms with Crippen molar-refractivity contribution >= 4 is 11.8 Å². The fourth-order valence-electron chi connectivity index (χ4n) is 3.17. The minimum atomic E-state index is -0.376. The van der Waals surface area contributed by atoms with Crippen LogP contribution in [0.25, 0.3) is 0 Å². The van der Waals surface area contributed by atoms with Crippen molar-refractivity contribution in [2.45, 2.75) is 58.5 Å². The third-order valence-electron chi connectivity index (χ3n) is 4.88. The van der Waals surface area contributed by atoms with Crippen LogP contribution in [0.5, 0.6) is 0 Å². The molecule has 0 aromatic carbocycles. The Bertz CT molecular complexity index is 404. The lowest BCUT2D eigenvalue weighted by atomic mass is 9.94. The second-order valence-electron chi connectivity index (χ2n) is 6.86. The molecule has 2 rings (SSSR count). The molecule has 0 aromatic heterocycles. The Morgan fingerprint density at radius 1 is 1.38 bits per heavy atom. The van der Waals surface area contributed by atoms with Gasteiger partial charge in [-0.05, 0) is 37.0 Å². The number of hydrogen-bond acceptors (Lipinski definition) is 3. The minimum absolute atomic E-state index is 0.00154. The van der Waals surface area contributed by atoms with Crippen LogP contribution in [0.2, 0.25) is 0 Å². The molecule has 1 aliphatic carbocycles. The summed E-state index contributed by atoms with van der Waals surface area (Å²) in [5, 5.41) is 2.89. The van der Waals surface area contributed by atoms with Crippen LogP contribution in [-0.2, 0) is 14.3 Å². The maximum absolute atomic E-state index is 12.7. The smallest absolute Gasteiger partial charge is 0.246 e. The van der Waals surface area contributed by atoms with Crippen LogP contribution >= 0.6 is 0 Å². The number of amides is 2. The van der Waals surface area contributed by atoms with Gasteiger partial charge in [0.2, 0.25) is 11.8 Å². The summed E-state index contributed by atoms with van der Waals surface area (Å²) in [5.41, 5.74) is 0.179. The van der Waals surface area contributed by atoms with Crippen LogP contribution in [0.15, 0.2) is 0 Å². The summed E-state index contributed by atoms with van der Waals surface area (Å²) in [6.45, 7) is 7.34. The monoisotopic (exact) mass is 296 g/mol. The van der Waals surface area contributed by atoms with Crippen LogP contribution in [-0.4, -0.2) is 49.1 Å². The van der Waals surface area contributed by atoms with Crippen LogP contribution in [0.4, 0.5) is 0 Å². The van der Waals surface area contributed by atoms with Crippen LogP contribution in [0.3, 0.4) is 0 Å². The van der Waals surface area contributed by atoms with E-state index in [0.717, 1.165) is 25.9 Å². The zero-order valence-corrected chi connectivity index (χ0v) is 13.6. The highest BCUT2D eigenvalue weighted by molar-refractivity contribution is 5.97. The fraction of sp³-hybridized carbons (Fsp3) is 0.875. The van der Waals surface area contributed by atoms with E-state index in [2.05, 4.69) is 5.32 Å². The molecule has 120 valence electrons. The molecule has 2 aliphatic rings. The number of rotatable bonds is 7. The largest absolute Gasteiger partial charge is 0.385 e. The third-order valence-corrected chi connectivity index (χ3v) is 4.88. The van der Waals surface area contributed by atoms with Crippen molar-refractivity contribution in [3.05, 3.63) is 0 Å². The Morgan fingerprint density at radius 2 is 2.05 bits per heavy atom. The topological polar surface area (TPSA) is 58.6 Å². The molecule has 2 amide bonds. The third kappa shape index (κ3) is 3.39. The van der Waals surface area contributed by atoms with Gasteiger partial charge in [0.1, 0.15) is 12.1 Å². The highest BCUT2D eigenvalue weighted by atomic mass is 16.5. The second kappa shape index (κ2) is 6.34. The first-order chi connectivity index (χ1) is 9.94.